The number of hydrogen-bond acceptors (Lipinski definition) is 4. The highest BCUT2D eigenvalue weighted by molar-refractivity contribution is 5.52. The van der Waals surface area contributed by atoms with Gasteiger partial charge in [0, 0.05) is 17.3 Å². The van der Waals surface area contributed by atoms with E-state index in [9.17, 15) is 5.26 Å². The Hall–Kier alpha value is -2.67. The van der Waals surface area contributed by atoms with Gasteiger partial charge in [-0.2, -0.15) is 5.26 Å². The van der Waals surface area contributed by atoms with Crippen molar-refractivity contribution < 1.29 is 9.47 Å². The minimum Gasteiger partial charge on any atom is -0.497 e. The lowest BCUT2D eigenvalue weighted by molar-refractivity contribution is 0.390. The molecule has 4 heteroatoms. The van der Waals surface area contributed by atoms with Crippen LogP contribution in [0.2, 0.25) is 0 Å². The van der Waals surface area contributed by atoms with Gasteiger partial charge in [-0.3, -0.25) is 0 Å². The van der Waals surface area contributed by atoms with Gasteiger partial charge in [0.15, 0.2) is 0 Å². The Morgan fingerprint density at radius 2 is 1.90 bits per heavy atom. The van der Waals surface area contributed by atoms with E-state index in [4.69, 9.17) is 9.47 Å². The number of anilines is 1. The van der Waals surface area contributed by atoms with Gasteiger partial charge in [0.25, 0.3) is 0 Å². The van der Waals surface area contributed by atoms with Gasteiger partial charge >= 0.3 is 0 Å². The molecule has 0 spiro atoms. The maximum atomic E-state index is 9.46. The van der Waals surface area contributed by atoms with Crippen molar-refractivity contribution in [2.45, 2.75) is 13.0 Å². The molecular weight excluding hydrogens is 264 g/mol. The number of rotatable bonds is 5. The normalized spacial score (nSPS) is 11.3. The third-order valence-electron chi connectivity index (χ3n) is 3.21. The van der Waals surface area contributed by atoms with Crippen molar-refractivity contribution >= 4 is 5.69 Å². The molecule has 0 aliphatic carbocycles. The van der Waals surface area contributed by atoms with E-state index in [1.165, 1.54) is 0 Å². The first-order valence-corrected chi connectivity index (χ1v) is 6.62. The molecule has 0 radical (unpaired) electrons. The highest BCUT2D eigenvalue weighted by Crippen LogP contribution is 2.31. The lowest BCUT2D eigenvalue weighted by atomic mass is 10.1. The van der Waals surface area contributed by atoms with E-state index in [1.54, 1.807) is 20.3 Å². The summed E-state index contributed by atoms with van der Waals surface area (Å²) in [6.07, 6.45) is 0. The van der Waals surface area contributed by atoms with Crippen LogP contribution in [0.1, 0.15) is 17.2 Å². The molecule has 2 rings (SSSR count). The molecule has 0 amide bonds. The predicted octanol–water partition coefficient (Wildman–Crippen LogP) is 3.69. The Morgan fingerprint density at radius 3 is 2.52 bits per heavy atom. The SMILES string of the molecule is COc1ccc(C(C#N)Nc2cccc(C)c2)c(OC)c1. The van der Waals surface area contributed by atoms with Crippen LogP contribution in [0.3, 0.4) is 0 Å². The maximum absolute atomic E-state index is 9.46. The topological polar surface area (TPSA) is 54.3 Å². The van der Waals surface area contributed by atoms with Gasteiger partial charge in [-0.1, -0.05) is 12.1 Å². The Labute approximate surface area is 124 Å². The maximum Gasteiger partial charge on any atom is 0.143 e. The Kier molecular flexibility index (Phi) is 4.68. The molecule has 0 aliphatic heterocycles. The summed E-state index contributed by atoms with van der Waals surface area (Å²) >= 11 is 0. The fraction of sp³-hybridized carbons (Fsp3) is 0.235. The summed E-state index contributed by atoms with van der Waals surface area (Å²) in [7, 11) is 3.18. The number of nitrogens with one attached hydrogen (secondary N) is 1. The quantitative estimate of drug-likeness (QED) is 0.908. The largest absolute Gasteiger partial charge is 0.497 e. The number of benzene rings is 2. The van der Waals surface area contributed by atoms with Crippen LogP contribution < -0.4 is 14.8 Å². The summed E-state index contributed by atoms with van der Waals surface area (Å²) in [6, 6.07) is 15.1. The average molecular weight is 282 g/mol. The van der Waals surface area contributed by atoms with Gasteiger partial charge in [-0.25, -0.2) is 0 Å². The number of hydrogen-bond donors (Lipinski definition) is 1. The van der Waals surface area contributed by atoms with Crippen molar-refractivity contribution in [2.24, 2.45) is 0 Å². The molecule has 0 bridgehead atoms. The van der Waals surface area contributed by atoms with Crippen LogP contribution in [0.4, 0.5) is 5.69 Å². The van der Waals surface area contributed by atoms with Crippen molar-refractivity contribution in [1.29, 1.82) is 5.26 Å². The van der Waals surface area contributed by atoms with E-state index in [0.29, 0.717) is 11.5 Å². The monoisotopic (exact) mass is 282 g/mol. The molecule has 2 aromatic rings. The van der Waals surface area contributed by atoms with Gasteiger partial charge in [-0.15, -0.1) is 0 Å². The molecule has 0 fully saturated rings. The molecule has 0 aromatic heterocycles. The average Bonchev–Trinajstić information content (AvgIpc) is 2.52. The number of methoxy groups -OCH3 is 2. The fourth-order valence-corrected chi connectivity index (χ4v) is 2.14. The molecule has 1 atom stereocenters. The second-order valence-electron chi connectivity index (χ2n) is 4.68. The van der Waals surface area contributed by atoms with Crippen LogP contribution in [0.15, 0.2) is 42.5 Å². The first-order chi connectivity index (χ1) is 10.2. The number of nitriles is 1. The zero-order chi connectivity index (χ0) is 15.2. The molecule has 0 saturated heterocycles. The minimum atomic E-state index is -0.493. The molecular formula is C17H18N2O2. The van der Waals surface area contributed by atoms with Crippen molar-refractivity contribution in [1.82, 2.24) is 0 Å². The van der Waals surface area contributed by atoms with Gasteiger partial charge in [0.05, 0.1) is 20.3 Å². The Bertz CT molecular complexity index is 662. The van der Waals surface area contributed by atoms with Crippen LogP contribution in [-0.2, 0) is 0 Å². The van der Waals surface area contributed by atoms with E-state index < -0.39 is 6.04 Å². The molecule has 2 aromatic carbocycles. The second-order valence-corrected chi connectivity index (χ2v) is 4.68. The van der Waals surface area contributed by atoms with Gasteiger partial charge in [-0.05, 0) is 36.8 Å². The summed E-state index contributed by atoms with van der Waals surface area (Å²) in [4.78, 5) is 0. The lowest BCUT2D eigenvalue weighted by Gasteiger charge is -2.17. The molecule has 108 valence electrons. The summed E-state index contributed by atoms with van der Waals surface area (Å²) in [5.74, 6) is 1.32. The highest BCUT2D eigenvalue weighted by Gasteiger charge is 2.16. The Balaban J connectivity index is 2.31. The van der Waals surface area contributed by atoms with E-state index in [1.807, 2.05) is 43.3 Å². The zero-order valence-corrected chi connectivity index (χ0v) is 12.4. The van der Waals surface area contributed by atoms with Crippen molar-refractivity contribution in [2.75, 3.05) is 19.5 Å². The molecule has 4 nitrogen and oxygen atoms in total. The van der Waals surface area contributed by atoms with Crippen LogP contribution in [0.5, 0.6) is 11.5 Å². The minimum absolute atomic E-state index is 0.493. The number of nitrogens with zero attached hydrogens (tertiary/aromatic N) is 1. The standard InChI is InChI=1S/C17H18N2O2/c1-12-5-4-6-13(9-12)19-16(11-18)15-8-7-14(20-2)10-17(15)21-3/h4-10,16,19H,1-3H3. The summed E-state index contributed by atoms with van der Waals surface area (Å²) in [6.45, 7) is 2.01. The Morgan fingerprint density at radius 1 is 1.10 bits per heavy atom. The molecule has 1 N–H and O–H groups in total. The summed E-state index contributed by atoms with van der Waals surface area (Å²) < 4.78 is 10.5. The third-order valence-corrected chi connectivity index (χ3v) is 3.21. The van der Waals surface area contributed by atoms with E-state index in [2.05, 4.69) is 11.4 Å². The van der Waals surface area contributed by atoms with E-state index >= 15 is 0 Å². The van der Waals surface area contributed by atoms with Crippen LogP contribution >= 0.6 is 0 Å². The predicted molar refractivity (Wildman–Crippen MR) is 82.7 cm³/mol. The second kappa shape index (κ2) is 6.67. The zero-order valence-electron chi connectivity index (χ0n) is 12.4. The lowest BCUT2D eigenvalue weighted by Crippen LogP contribution is -2.10. The van der Waals surface area contributed by atoms with Gasteiger partial charge in [0.2, 0.25) is 0 Å². The first-order valence-electron chi connectivity index (χ1n) is 6.62. The van der Waals surface area contributed by atoms with Crippen molar-refractivity contribution in [3.8, 4) is 17.6 Å². The van der Waals surface area contributed by atoms with Crippen molar-refractivity contribution in [3.05, 3.63) is 53.6 Å². The first kappa shape index (κ1) is 14.7. The molecule has 0 heterocycles. The van der Waals surface area contributed by atoms with Gasteiger partial charge < -0.3 is 14.8 Å². The highest BCUT2D eigenvalue weighted by atomic mass is 16.5. The molecule has 1 unspecified atom stereocenters. The summed E-state index contributed by atoms with van der Waals surface area (Å²) in [5, 5.41) is 12.7. The molecule has 21 heavy (non-hydrogen) atoms. The molecule has 0 saturated carbocycles. The molecule has 0 aliphatic rings. The smallest absolute Gasteiger partial charge is 0.143 e. The van der Waals surface area contributed by atoms with Crippen LogP contribution in [0, 0.1) is 18.3 Å². The van der Waals surface area contributed by atoms with E-state index in [-0.39, 0.29) is 0 Å². The van der Waals surface area contributed by atoms with Crippen LogP contribution in [-0.4, -0.2) is 14.2 Å². The van der Waals surface area contributed by atoms with E-state index in [0.717, 1.165) is 16.8 Å². The summed E-state index contributed by atoms with van der Waals surface area (Å²) in [5.41, 5.74) is 2.82. The van der Waals surface area contributed by atoms with Gasteiger partial charge in [0.1, 0.15) is 17.5 Å². The fourth-order valence-electron chi connectivity index (χ4n) is 2.14. The number of ether oxygens (including phenoxy) is 2. The third kappa shape index (κ3) is 3.46. The van der Waals surface area contributed by atoms with Crippen molar-refractivity contribution in [3.63, 3.8) is 0 Å². The number of aryl methyl sites for hydroxylation is 1. The van der Waals surface area contributed by atoms with Crippen LogP contribution in [0.25, 0.3) is 0 Å².